The van der Waals surface area contributed by atoms with E-state index >= 15 is 0 Å². The van der Waals surface area contributed by atoms with E-state index in [1.165, 1.54) is 6.21 Å². The molecule has 9 heavy (non-hydrogen) atoms. The van der Waals surface area contributed by atoms with Gasteiger partial charge in [0.25, 0.3) is 0 Å². The van der Waals surface area contributed by atoms with E-state index in [0.29, 0.717) is 0 Å². The van der Waals surface area contributed by atoms with E-state index < -0.39 is 0 Å². The Bertz CT molecular complexity index is 166. The highest BCUT2D eigenvalue weighted by molar-refractivity contribution is 5.81. The van der Waals surface area contributed by atoms with Crippen molar-refractivity contribution in [3.05, 3.63) is 23.9 Å². The van der Waals surface area contributed by atoms with E-state index in [1.54, 1.807) is 0 Å². The van der Waals surface area contributed by atoms with Gasteiger partial charge in [-0.05, 0) is 17.8 Å². The predicted octanol–water partition coefficient (Wildman–Crippen LogP) is 0.490. The Morgan fingerprint density at radius 3 is 3.22 bits per heavy atom. The topological polar surface area (TPSA) is 44.6 Å². The molecule has 0 bridgehead atoms. The fourth-order valence-corrected chi connectivity index (χ4v) is 0.630. The van der Waals surface area contributed by atoms with Gasteiger partial charge in [0.15, 0.2) is 0 Å². The zero-order valence-corrected chi connectivity index (χ0v) is 4.91. The lowest BCUT2D eigenvalue weighted by atomic mass is 10.2. The third kappa shape index (κ3) is 1.60. The molecule has 1 aliphatic rings. The van der Waals surface area contributed by atoms with E-state index in [4.69, 9.17) is 5.21 Å². The Morgan fingerprint density at radius 2 is 2.67 bits per heavy atom. The first-order valence-corrected chi connectivity index (χ1v) is 2.71. The molecular weight excluding hydrogens is 116 g/mol. The van der Waals surface area contributed by atoms with E-state index in [2.05, 4.69) is 10.5 Å². The Kier molecular flexibility index (Phi) is 1.90. The second-order valence-electron chi connectivity index (χ2n) is 1.69. The molecule has 0 fully saturated rings. The van der Waals surface area contributed by atoms with Crippen molar-refractivity contribution in [1.82, 2.24) is 5.32 Å². The third-order valence-corrected chi connectivity index (χ3v) is 1.06. The van der Waals surface area contributed by atoms with E-state index in [1.807, 2.05) is 18.4 Å². The Morgan fingerprint density at radius 1 is 1.78 bits per heavy atom. The smallest absolute Gasteiger partial charge is 0.0731 e. The van der Waals surface area contributed by atoms with Gasteiger partial charge < -0.3 is 10.5 Å². The van der Waals surface area contributed by atoms with Crippen LogP contribution in [0.2, 0.25) is 0 Å². The molecule has 0 radical (unpaired) electrons. The molecule has 0 aromatic rings. The Balaban J connectivity index is 2.58. The molecule has 0 aromatic heterocycles. The fourth-order valence-electron chi connectivity index (χ4n) is 0.630. The Labute approximate surface area is 53.4 Å². The summed E-state index contributed by atoms with van der Waals surface area (Å²) < 4.78 is 0. The molecule has 0 saturated carbocycles. The van der Waals surface area contributed by atoms with Crippen LogP contribution < -0.4 is 5.32 Å². The fraction of sp³-hybridized carbons (Fsp3) is 0.167. The van der Waals surface area contributed by atoms with Gasteiger partial charge >= 0.3 is 0 Å². The van der Waals surface area contributed by atoms with Crippen molar-refractivity contribution >= 4 is 6.21 Å². The number of nitrogens with zero attached hydrogens (tertiary/aromatic N) is 1. The largest absolute Gasteiger partial charge is 0.411 e. The summed E-state index contributed by atoms with van der Waals surface area (Å²) >= 11 is 0. The summed E-state index contributed by atoms with van der Waals surface area (Å²) in [5.74, 6) is 0. The van der Waals surface area contributed by atoms with Crippen LogP contribution in [0.4, 0.5) is 0 Å². The first-order chi connectivity index (χ1) is 4.43. The van der Waals surface area contributed by atoms with Gasteiger partial charge in [0.2, 0.25) is 0 Å². The van der Waals surface area contributed by atoms with Crippen molar-refractivity contribution in [2.24, 2.45) is 5.16 Å². The van der Waals surface area contributed by atoms with Gasteiger partial charge in [0.05, 0.1) is 6.21 Å². The summed E-state index contributed by atoms with van der Waals surface area (Å²) in [6.45, 7) is 0.803. The summed E-state index contributed by atoms with van der Waals surface area (Å²) in [6.07, 6.45) is 6.98. The highest BCUT2D eigenvalue weighted by Gasteiger charge is 1.89. The molecule has 3 nitrogen and oxygen atoms in total. The maximum Gasteiger partial charge on any atom is 0.0731 e. The number of nitrogens with one attached hydrogen (secondary N) is 1. The van der Waals surface area contributed by atoms with E-state index in [9.17, 15) is 0 Å². The lowest BCUT2D eigenvalue weighted by Gasteiger charge is -2.01. The lowest BCUT2D eigenvalue weighted by molar-refractivity contribution is 0.322. The molecule has 1 rings (SSSR count). The van der Waals surface area contributed by atoms with Crippen molar-refractivity contribution < 1.29 is 5.21 Å². The summed E-state index contributed by atoms with van der Waals surface area (Å²) in [7, 11) is 0. The minimum atomic E-state index is 0.803. The number of oxime groups is 1. The van der Waals surface area contributed by atoms with Crippen molar-refractivity contribution in [3.8, 4) is 0 Å². The highest BCUT2D eigenvalue weighted by atomic mass is 16.4. The highest BCUT2D eigenvalue weighted by Crippen LogP contribution is 1.94. The first kappa shape index (κ1) is 5.88. The predicted molar refractivity (Wildman–Crippen MR) is 35.5 cm³/mol. The second-order valence-corrected chi connectivity index (χ2v) is 1.69. The van der Waals surface area contributed by atoms with Gasteiger partial charge in [-0.15, -0.1) is 0 Å². The summed E-state index contributed by atoms with van der Waals surface area (Å²) in [4.78, 5) is 0. The maximum atomic E-state index is 8.09. The van der Waals surface area contributed by atoms with Crippen molar-refractivity contribution in [1.29, 1.82) is 0 Å². The number of hydrogen-bond acceptors (Lipinski definition) is 3. The minimum absolute atomic E-state index is 0.803. The summed E-state index contributed by atoms with van der Waals surface area (Å²) in [5, 5.41) is 14.0. The van der Waals surface area contributed by atoms with Crippen LogP contribution in [0.25, 0.3) is 0 Å². The Hall–Kier alpha value is -1.25. The quantitative estimate of drug-likeness (QED) is 0.303. The molecule has 0 atom stereocenters. The average Bonchev–Trinajstić information content (AvgIpc) is 1.91. The van der Waals surface area contributed by atoms with Gasteiger partial charge in [-0.2, -0.15) is 0 Å². The minimum Gasteiger partial charge on any atom is -0.411 e. The van der Waals surface area contributed by atoms with Crippen molar-refractivity contribution in [2.75, 3.05) is 6.54 Å². The van der Waals surface area contributed by atoms with Crippen molar-refractivity contribution in [2.45, 2.75) is 0 Å². The summed E-state index contributed by atoms with van der Waals surface area (Å²) in [5.41, 5.74) is 0.927. The summed E-state index contributed by atoms with van der Waals surface area (Å²) in [6, 6.07) is 0. The van der Waals surface area contributed by atoms with Gasteiger partial charge in [-0.1, -0.05) is 11.2 Å². The van der Waals surface area contributed by atoms with Crippen LogP contribution in [0.1, 0.15) is 0 Å². The van der Waals surface area contributed by atoms with Crippen molar-refractivity contribution in [3.63, 3.8) is 0 Å². The standard InChI is InChI=1S/C6H8N2O/c9-8-5-6-1-3-7-4-2-6/h1-3,5,7,9H,4H2/b8-5-. The molecule has 2 N–H and O–H groups in total. The zero-order chi connectivity index (χ0) is 6.53. The maximum absolute atomic E-state index is 8.09. The molecular formula is C6H8N2O. The van der Waals surface area contributed by atoms with Crippen LogP contribution in [0, 0.1) is 0 Å². The molecule has 3 heteroatoms. The molecule has 0 unspecified atom stereocenters. The first-order valence-electron chi connectivity index (χ1n) is 2.71. The molecule has 0 saturated heterocycles. The van der Waals surface area contributed by atoms with Crippen LogP contribution in [-0.4, -0.2) is 18.0 Å². The number of rotatable bonds is 1. The number of hydrogen-bond donors (Lipinski definition) is 2. The van der Waals surface area contributed by atoms with Crippen LogP contribution >= 0.6 is 0 Å². The second kappa shape index (κ2) is 2.91. The van der Waals surface area contributed by atoms with Crippen LogP contribution in [-0.2, 0) is 0 Å². The SMILES string of the molecule is O/N=C\C1=CCNC=C1. The number of dihydropyridines is 1. The zero-order valence-electron chi connectivity index (χ0n) is 4.91. The van der Waals surface area contributed by atoms with Gasteiger partial charge in [-0.25, -0.2) is 0 Å². The molecule has 1 heterocycles. The molecule has 0 aromatic carbocycles. The van der Waals surface area contributed by atoms with E-state index in [-0.39, 0.29) is 0 Å². The monoisotopic (exact) mass is 124 g/mol. The molecule has 0 aliphatic carbocycles. The van der Waals surface area contributed by atoms with E-state index in [0.717, 1.165) is 12.1 Å². The molecule has 0 spiro atoms. The van der Waals surface area contributed by atoms with Crippen LogP contribution in [0.15, 0.2) is 29.1 Å². The average molecular weight is 124 g/mol. The third-order valence-electron chi connectivity index (χ3n) is 1.06. The molecule has 0 amide bonds. The lowest BCUT2D eigenvalue weighted by Crippen LogP contribution is -2.08. The molecule has 48 valence electrons. The normalized spacial score (nSPS) is 17.6. The van der Waals surface area contributed by atoms with Crippen LogP contribution in [0.3, 0.4) is 0 Å². The molecule has 1 aliphatic heterocycles. The van der Waals surface area contributed by atoms with Gasteiger partial charge in [0.1, 0.15) is 0 Å². The number of allylic oxidation sites excluding steroid dienone is 2. The van der Waals surface area contributed by atoms with Gasteiger partial charge in [0, 0.05) is 6.54 Å². The van der Waals surface area contributed by atoms with Crippen LogP contribution in [0.5, 0.6) is 0 Å². The van der Waals surface area contributed by atoms with Gasteiger partial charge in [-0.3, -0.25) is 0 Å².